The molecule has 0 fully saturated rings. The second-order valence-corrected chi connectivity index (χ2v) is 9.57. The molecular weight excluding hydrogens is 470 g/mol. The molecule has 2 atom stereocenters. The second-order valence-electron chi connectivity index (χ2n) is 9.57. The summed E-state index contributed by atoms with van der Waals surface area (Å²) in [6.45, 7) is 4.45. The van der Waals surface area contributed by atoms with Crippen molar-refractivity contribution in [2.24, 2.45) is 5.73 Å². The van der Waals surface area contributed by atoms with Gasteiger partial charge in [-0.15, -0.1) is 0 Å². The van der Waals surface area contributed by atoms with Gasteiger partial charge in [0.25, 0.3) is 0 Å². The molecule has 0 amide bonds. The van der Waals surface area contributed by atoms with Crippen molar-refractivity contribution < 1.29 is 28.5 Å². The maximum Gasteiger partial charge on any atom is 0.207 e. The lowest BCUT2D eigenvalue weighted by atomic mass is 9.77. The highest BCUT2D eigenvalue weighted by molar-refractivity contribution is 6.06. The number of Topliss-reactive ketones (excluding diaryl/α,β-unsaturated/α-hetero) is 1. The van der Waals surface area contributed by atoms with Crippen LogP contribution < -0.4 is 29.4 Å². The Morgan fingerprint density at radius 3 is 2.49 bits per heavy atom. The number of rotatable bonds is 7. The number of allylic oxidation sites excluding steroid dienone is 2. The molecule has 192 valence electrons. The molecule has 0 spiro atoms. The highest BCUT2D eigenvalue weighted by Gasteiger charge is 2.53. The first-order valence-corrected chi connectivity index (χ1v) is 12.2. The number of ketones is 1. The zero-order valence-electron chi connectivity index (χ0n) is 21.5. The van der Waals surface area contributed by atoms with Crippen LogP contribution in [0.1, 0.15) is 46.8 Å². The van der Waals surface area contributed by atoms with Crippen molar-refractivity contribution in [2.75, 3.05) is 20.8 Å². The smallest absolute Gasteiger partial charge is 0.207 e. The van der Waals surface area contributed by atoms with E-state index >= 15 is 0 Å². The summed E-state index contributed by atoms with van der Waals surface area (Å²) in [7, 11) is 3.10. The van der Waals surface area contributed by atoms with E-state index in [0.29, 0.717) is 52.9 Å². The second kappa shape index (κ2) is 9.82. The maximum atomic E-state index is 14.0. The van der Waals surface area contributed by atoms with Crippen LogP contribution >= 0.6 is 0 Å². The van der Waals surface area contributed by atoms with Crippen LogP contribution in [0.2, 0.25) is 0 Å². The molecule has 0 bridgehead atoms. The standard InChI is InChI=1S/C30H31NO6/c1-18(2)10-11-20-23(35-16-19-8-6-5-7-9-19)13-12-21-28(32)27-22-14-25(33-3)26(34-4)15-24(22)36-17-30(27,31)37-29(20)21/h5-10,12-15,27H,11,16-17,31H2,1-4H3. The highest BCUT2D eigenvalue weighted by Crippen LogP contribution is 2.51. The van der Waals surface area contributed by atoms with Gasteiger partial charge in [-0.3, -0.25) is 10.5 Å². The molecule has 3 aromatic carbocycles. The largest absolute Gasteiger partial charge is 0.493 e. The van der Waals surface area contributed by atoms with Gasteiger partial charge in [0, 0.05) is 17.2 Å². The van der Waals surface area contributed by atoms with Crippen LogP contribution in [-0.4, -0.2) is 32.3 Å². The first kappa shape index (κ1) is 24.7. The zero-order chi connectivity index (χ0) is 26.2. The van der Waals surface area contributed by atoms with Crippen molar-refractivity contribution in [3.8, 4) is 28.7 Å². The number of hydrogen-bond donors (Lipinski definition) is 1. The Labute approximate surface area is 216 Å². The van der Waals surface area contributed by atoms with Gasteiger partial charge < -0.3 is 23.7 Å². The van der Waals surface area contributed by atoms with Crippen LogP contribution in [0.25, 0.3) is 0 Å². The van der Waals surface area contributed by atoms with Crippen LogP contribution in [0.15, 0.2) is 66.2 Å². The van der Waals surface area contributed by atoms with Gasteiger partial charge in [-0.2, -0.15) is 0 Å². The third-order valence-electron chi connectivity index (χ3n) is 6.76. The van der Waals surface area contributed by atoms with E-state index in [4.69, 9.17) is 29.4 Å². The van der Waals surface area contributed by atoms with Crippen LogP contribution in [-0.2, 0) is 13.0 Å². The van der Waals surface area contributed by atoms with E-state index in [1.165, 1.54) is 0 Å². The summed E-state index contributed by atoms with van der Waals surface area (Å²) in [6, 6.07) is 17.0. The normalized spacial score (nSPS) is 19.4. The number of nitrogens with two attached hydrogens (primary N) is 1. The van der Waals surface area contributed by atoms with Crippen molar-refractivity contribution in [2.45, 2.75) is 38.5 Å². The monoisotopic (exact) mass is 501 g/mol. The summed E-state index contributed by atoms with van der Waals surface area (Å²) >= 11 is 0. The molecule has 0 radical (unpaired) electrons. The highest BCUT2D eigenvalue weighted by atomic mass is 16.6. The average Bonchev–Trinajstić information content (AvgIpc) is 2.90. The summed E-state index contributed by atoms with van der Waals surface area (Å²) in [5.41, 5.74) is 9.44. The molecule has 0 aliphatic carbocycles. The third-order valence-corrected chi connectivity index (χ3v) is 6.76. The van der Waals surface area contributed by atoms with Crippen LogP contribution in [0.5, 0.6) is 28.7 Å². The van der Waals surface area contributed by atoms with E-state index in [1.807, 2.05) is 50.2 Å². The molecule has 7 heteroatoms. The first-order chi connectivity index (χ1) is 17.8. The maximum absolute atomic E-state index is 14.0. The molecular formula is C30H31NO6. The molecule has 0 saturated carbocycles. The molecule has 2 N–H and O–H groups in total. The van der Waals surface area contributed by atoms with Gasteiger partial charge in [0.05, 0.1) is 19.8 Å². The quantitative estimate of drug-likeness (QED) is 0.445. The van der Waals surface area contributed by atoms with E-state index in [-0.39, 0.29) is 12.4 Å². The van der Waals surface area contributed by atoms with Crippen molar-refractivity contribution in [3.63, 3.8) is 0 Å². The molecule has 0 aromatic heterocycles. The molecule has 3 aromatic rings. The van der Waals surface area contributed by atoms with Crippen molar-refractivity contribution in [1.29, 1.82) is 0 Å². The van der Waals surface area contributed by atoms with Gasteiger partial charge in [0.15, 0.2) is 17.3 Å². The van der Waals surface area contributed by atoms with Gasteiger partial charge in [-0.05, 0) is 44.0 Å². The Morgan fingerprint density at radius 1 is 1.05 bits per heavy atom. The number of ether oxygens (including phenoxy) is 5. The van der Waals surface area contributed by atoms with Crippen molar-refractivity contribution >= 4 is 5.78 Å². The Bertz CT molecular complexity index is 1360. The minimum atomic E-state index is -1.39. The average molecular weight is 502 g/mol. The molecule has 5 rings (SSSR count). The summed E-state index contributed by atoms with van der Waals surface area (Å²) in [5.74, 6) is 1.72. The number of fused-ring (bicyclic) bond motifs is 4. The van der Waals surface area contributed by atoms with Crippen molar-refractivity contribution in [1.82, 2.24) is 0 Å². The number of benzene rings is 3. The SMILES string of the molecule is COc1cc2c(cc1OC)C1C(=O)c3ccc(OCc4ccccc4)c(CC=C(C)C)c3OC1(N)CO2. The Kier molecular flexibility index (Phi) is 6.56. The van der Waals surface area contributed by atoms with Crippen molar-refractivity contribution in [3.05, 3.63) is 88.5 Å². The van der Waals surface area contributed by atoms with E-state index in [9.17, 15) is 4.79 Å². The summed E-state index contributed by atoms with van der Waals surface area (Å²) in [5, 5.41) is 0. The fourth-order valence-corrected chi connectivity index (χ4v) is 4.85. The summed E-state index contributed by atoms with van der Waals surface area (Å²) < 4.78 is 29.6. The van der Waals surface area contributed by atoms with E-state index in [0.717, 1.165) is 16.7 Å². The lowest BCUT2D eigenvalue weighted by molar-refractivity contribution is -0.0180. The molecule has 2 aliphatic heterocycles. The molecule has 2 heterocycles. The van der Waals surface area contributed by atoms with Gasteiger partial charge in [0.2, 0.25) is 5.72 Å². The topological polar surface area (TPSA) is 89.2 Å². The number of hydrogen-bond acceptors (Lipinski definition) is 7. The van der Waals surface area contributed by atoms with E-state index in [1.54, 1.807) is 32.4 Å². The molecule has 0 saturated heterocycles. The predicted molar refractivity (Wildman–Crippen MR) is 140 cm³/mol. The Hall–Kier alpha value is -3.97. The minimum Gasteiger partial charge on any atom is -0.493 e. The van der Waals surface area contributed by atoms with Gasteiger partial charge in [-0.1, -0.05) is 42.0 Å². The minimum absolute atomic E-state index is 0.00249. The summed E-state index contributed by atoms with van der Waals surface area (Å²) in [4.78, 5) is 14.0. The zero-order valence-corrected chi connectivity index (χ0v) is 21.5. The van der Waals surface area contributed by atoms with Crippen LogP contribution in [0.3, 0.4) is 0 Å². The van der Waals surface area contributed by atoms with E-state index in [2.05, 4.69) is 6.08 Å². The van der Waals surface area contributed by atoms with Gasteiger partial charge >= 0.3 is 0 Å². The number of carbonyl (C=O) groups is 1. The Balaban J connectivity index is 1.58. The lowest BCUT2D eigenvalue weighted by Gasteiger charge is -2.44. The summed E-state index contributed by atoms with van der Waals surface area (Å²) in [6.07, 6.45) is 2.62. The van der Waals surface area contributed by atoms with Crippen LogP contribution in [0.4, 0.5) is 0 Å². The molecule has 7 nitrogen and oxygen atoms in total. The van der Waals surface area contributed by atoms with Gasteiger partial charge in [0.1, 0.15) is 36.4 Å². The predicted octanol–water partition coefficient (Wildman–Crippen LogP) is 5.20. The van der Waals surface area contributed by atoms with Crippen LogP contribution in [0, 0.1) is 0 Å². The molecule has 2 aliphatic rings. The lowest BCUT2D eigenvalue weighted by Crippen LogP contribution is -2.61. The molecule has 37 heavy (non-hydrogen) atoms. The third kappa shape index (κ3) is 4.51. The molecule has 2 unspecified atom stereocenters. The van der Waals surface area contributed by atoms with E-state index < -0.39 is 11.6 Å². The fraction of sp³-hybridized carbons (Fsp3) is 0.300. The first-order valence-electron chi connectivity index (χ1n) is 12.2. The number of carbonyl (C=O) groups excluding carboxylic acids is 1. The van der Waals surface area contributed by atoms with Gasteiger partial charge in [-0.25, -0.2) is 0 Å². The Morgan fingerprint density at radius 2 is 1.78 bits per heavy atom. The fourth-order valence-electron chi connectivity index (χ4n) is 4.85. The number of methoxy groups -OCH3 is 2.